The number of imide groups is 1. The van der Waals surface area contributed by atoms with Gasteiger partial charge >= 0.3 is 0 Å². The summed E-state index contributed by atoms with van der Waals surface area (Å²) >= 11 is 0. The van der Waals surface area contributed by atoms with Crippen molar-refractivity contribution in [2.24, 2.45) is 0 Å². The summed E-state index contributed by atoms with van der Waals surface area (Å²) in [6.45, 7) is 6.88. The highest BCUT2D eigenvalue weighted by atomic mass is 16.9. The number of hydrogen-bond acceptors (Lipinski definition) is 10. The van der Waals surface area contributed by atoms with E-state index in [4.69, 9.17) is 28.4 Å². The summed E-state index contributed by atoms with van der Waals surface area (Å²) in [5.74, 6) is -2.43. The lowest BCUT2D eigenvalue weighted by Crippen LogP contribution is -2.60. The molecule has 218 valence electrons. The molecule has 11 heteroatoms. The molecule has 2 amide bonds. The minimum absolute atomic E-state index is 0.0707. The molecule has 0 aliphatic carbocycles. The predicted molar refractivity (Wildman–Crippen MR) is 144 cm³/mol. The highest BCUT2D eigenvalue weighted by molar-refractivity contribution is 6.22. The average Bonchev–Trinajstić information content (AvgIpc) is 3.51. The van der Waals surface area contributed by atoms with Gasteiger partial charge in [0.1, 0.15) is 30.2 Å². The number of nitrogens with zero attached hydrogens (tertiary/aromatic N) is 1. The molecule has 2 aromatic carbocycles. The molecular weight excluding hydrogens is 532 g/mol. The van der Waals surface area contributed by atoms with E-state index in [9.17, 15) is 14.4 Å². The van der Waals surface area contributed by atoms with Crippen LogP contribution in [0.3, 0.4) is 0 Å². The van der Waals surface area contributed by atoms with E-state index >= 15 is 0 Å². The van der Waals surface area contributed by atoms with Gasteiger partial charge in [0.05, 0.1) is 30.8 Å². The van der Waals surface area contributed by atoms with Gasteiger partial charge in [-0.15, -0.1) is 0 Å². The van der Waals surface area contributed by atoms with Crippen LogP contribution in [0.4, 0.5) is 5.69 Å². The number of fused-ring (bicyclic) bond motifs is 4. The Hall–Kier alpha value is -3.35. The van der Waals surface area contributed by atoms with E-state index < -0.39 is 60.1 Å². The van der Waals surface area contributed by atoms with E-state index in [0.29, 0.717) is 22.6 Å². The largest absolute Gasteiger partial charge is 0.497 e. The number of rotatable bonds is 8. The molecule has 0 spiro atoms. The lowest BCUT2D eigenvalue weighted by atomic mass is 9.91. The van der Waals surface area contributed by atoms with Crippen molar-refractivity contribution < 1.29 is 42.8 Å². The monoisotopic (exact) mass is 566 g/mol. The van der Waals surface area contributed by atoms with Gasteiger partial charge in [-0.05, 0) is 64.1 Å². The van der Waals surface area contributed by atoms with Crippen LogP contribution in [0.2, 0.25) is 0 Å². The Morgan fingerprint density at radius 3 is 2.10 bits per heavy atom. The van der Waals surface area contributed by atoms with Crippen molar-refractivity contribution in [3.8, 4) is 5.75 Å². The number of Topliss-reactive ketones (excluding diaryl/α,β-unsaturated/α-hetero) is 1. The van der Waals surface area contributed by atoms with Gasteiger partial charge in [-0.2, -0.15) is 0 Å². The van der Waals surface area contributed by atoms with Gasteiger partial charge in [-0.1, -0.05) is 12.1 Å². The van der Waals surface area contributed by atoms with E-state index in [0.717, 1.165) is 4.90 Å². The molecule has 0 aromatic heterocycles. The molecule has 41 heavy (non-hydrogen) atoms. The normalized spacial score (nSPS) is 30.0. The fourth-order valence-corrected chi connectivity index (χ4v) is 5.99. The van der Waals surface area contributed by atoms with Crippen molar-refractivity contribution in [3.05, 3.63) is 59.7 Å². The Kier molecular flexibility index (Phi) is 6.90. The molecule has 2 aromatic rings. The highest BCUT2D eigenvalue weighted by Gasteiger charge is 2.62. The lowest BCUT2D eigenvalue weighted by molar-refractivity contribution is -0.236. The Balaban J connectivity index is 1.27. The molecule has 3 fully saturated rings. The molecule has 4 aliphatic heterocycles. The second kappa shape index (κ2) is 10.2. The first-order valence-electron chi connectivity index (χ1n) is 13.7. The van der Waals surface area contributed by atoms with Crippen LogP contribution in [0.5, 0.6) is 5.75 Å². The van der Waals surface area contributed by atoms with Crippen LogP contribution in [-0.4, -0.2) is 84.5 Å². The minimum atomic E-state index is -0.920. The third-order valence-corrected chi connectivity index (χ3v) is 7.69. The number of benzene rings is 2. The minimum Gasteiger partial charge on any atom is -0.497 e. The van der Waals surface area contributed by atoms with E-state index in [1.54, 1.807) is 57.4 Å². The Labute approximate surface area is 238 Å². The van der Waals surface area contributed by atoms with Crippen LogP contribution in [-0.2, 0) is 28.5 Å². The van der Waals surface area contributed by atoms with Gasteiger partial charge in [-0.3, -0.25) is 19.3 Å². The van der Waals surface area contributed by atoms with Gasteiger partial charge in [0.2, 0.25) is 0 Å². The molecule has 0 unspecified atom stereocenters. The molecule has 0 radical (unpaired) electrons. The van der Waals surface area contributed by atoms with Gasteiger partial charge in [-0.25, -0.2) is 0 Å². The second-order valence-corrected chi connectivity index (χ2v) is 11.6. The number of ketones is 1. The Morgan fingerprint density at radius 1 is 0.878 bits per heavy atom. The Morgan fingerprint density at radius 2 is 1.46 bits per heavy atom. The number of carbonyl (C=O) groups excluding carboxylic acids is 3. The highest BCUT2D eigenvalue weighted by Crippen LogP contribution is 2.45. The summed E-state index contributed by atoms with van der Waals surface area (Å²) in [6.07, 6.45) is -3.15. The molecular formula is C30H34N2O9. The van der Waals surface area contributed by atoms with E-state index in [-0.39, 0.29) is 18.7 Å². The maximum absolute atomic E-state index is 13.5. The quantitative estimate of drug-likeness (QED) is 0.477. The standard InChI is InChI=1S/C30H34N2O9/c1-29(2)38-23-22(37-28-25(24(23)39-29)40-30(3,4)41-28)21(31-16-10-12-18(36-5)13-11-16)14-17(33)15-32-26(34)19-8-6-7-9-20(19)27(32)35/h6-13,21-25,28,31H,14-15H2,1-5H3/t21-,22+,23+,24+,25-,28-/m0/s1. The molecule has 4 aliphatic rings. The van der Waals surface area contributed by atoms with Crippen molar-refractivity contribution in [3.63, 3.8) is 0 Å². The number of hydrogen-bond donors (Lipinski definition) is 1. The van der Waals surface area contributed by atoms with Gasteiger partial charge in [0, 0.05) is 12.1 Å². The van der Waals surface area contributed by atoms with E-state index in [1.807, 2.05) is 26.0 Å². The molecule has 6 rings (SSSR count). The molecule has 1 N–H and O–H groups in total. The Bertz CT molecular complexity index is 1320. The van der Waals surface area contributed by atoms with Gasteiger partial charge in [0.25, 0.3) is 11.8 Å². The van der Waals surface area contributed by atoms with Crippen LogP contribution in [0.25, 0.3) is 0 Å². The fraction of sp³-hybridized carbons (Fsp3) is 0.500. The zero-order valence-electron chi connectivity index (χ0n) is 23.6. The first-order chi connectivity index (χ1) is 19.4. The van der Waals surface area contributed by atoms with Crippen LogP contribution >= 0.6 is 0 Å². The van der Waals surface area contributed by atoms with Crippen LogP contribution < -0.4 is 10.1 Å². The molecule has 0 bridgehead atoms. The molecule has 3 saturated heterocycles. The van der Waals surface area contributed by atoms with E-state index in [2.05, 4.69) is 5.32 Å². The van der Waals surface area contributed by atoms with E-state index in [1.165, 1.54) is 0 Å². The fourth-order valence-electron chi connectivity index (χ4n) is 5.99. The number of ether oxygens (including phenoxy) is 6. The molecule has 4 heterocycles. The number of nitrogens with one attached hydrogen (secondary N) is 1. The first-order valence-corrected chi connectivity index (χ1v) is 13.7. The van der Waals surface area contributed by atoms with Crippen molar-refractivity contribution in [1.82, 2.24) is 4.90 Å². The molecule has 0 saturated carbocycles. The maximum Gasteiger partial charge on any atom is 0.261 e. The van der Waals surface area contributed by atoms with Crippen molar-refractivity contribution >= 4 is 23.3 Å². The van der Waals surface area contributed by atoms with Crippen molar-refractivity contribution in [1.29, 1.82) is 0 Å². The van der Waals surface area contributed by atoms with Crippen LogP contribution in [0, 0.1) is 0 Å². The smallest absolute Gasteiger partial charge is 0.261 e. The van der Waals surface area contributed by atoms with Gasteiger partial charge < -0.3 is 33.7 Å². The zero-order chi connectivity index (χ0) is 29.1. The lowest BCUT2D eigenvalue weighted by Gasteiger charge is -2.41. The number of carbonyl (C=O) groups is 3. The van der Waals surface area contributed by atoms with Crippen molar-refractivity contribution in [2.75, 3.05) is 19.0 Å². The third-order valence-electron chi connectivity index (χ3n) is 7.69. The predicted octanol–water partition coefficient (Wildman–Crippen LogP) is 3.13. The number of amides is 2. The topological polar surface area (TPSA) is 122 Å². The molecule has 6 atom stereocenters. The second-order valence-electron chi connectivity index (χ2n) is 11.6. The van der Waals surface area contributed by atoms with Gasteiger partial charge in [0.15, 0.2) is 23.6 Å². The summed E-state index contributed by atoms with van der Waals surface area (Å²) in [6, 6.07) is 13.2. The third kappa shape index (κ3) is 5.24. The number of anilines is 1. The summed E-state index contributed by atoms with van der Waals surface area (Å²) < 4.78 is 36.5. The summed E-state index contributed by atoms with van der Waals surface area (Å²) in [7, 11) is 1.58. The SMILES string of the molecule is COc1ccc(N[C@@H](CC(=O)CN2C(=O)c3ccccc3C2=O)[C@H]2O[C@H]3OC(C)(C)O[C@H]3[C@@H]3OC(C)(C)O[C@@H]32)cc1. The maximum atomic E-state index is 13.5. The summed E-state index contributed by atoms with van der Waals surface area (Å²) in [5, 5.41) is 3.41. The zero-order valence-corrected chi connectivity index (χ0v) is 23.6. The summed E-state index contributed by atoms with van der Waals surface area (Å²) in [4.78, 5) is 40.4. The first kappa shape index (κ1) is 27.8. The van der Waals surface area contributed by atoms with Crippen LogP contribution in [0.1, 0.15) is 54.8 Å². The number of methoxy groups -OCH3 is 1. The molecule has 11 nitrogen and oxygen atoms in total. The van der Waals surface area contributed by atoms with Crippen molar-refractivity contribution in [2.45, 2.75) is 82.4 Å². The average molecular weight is 567 g/mol. The summed E-state index contributed by atoms with van der Waals surface area (Å²) in [5.41, 5.74) is 1.30. The van der Waals surface area contributed by atoms with Crippen LogP contribution in [0.15, 0.2) is 48.5 Å².